The van der Waals surface area contributed by atoms with Gasteiger partial charge in [0.1, 0.15) is 19.1 Å². The van der Waals surface area contributed by atoms with Crippen LogP contribution >= 0.6 is 21.6 Å². The minimum Gasteiger partial charge on any atom is -0.356 e. The molecule has 0 aliphatic rings. The monoisotopic (exact) mass is 660 g/mol. The molecule has 0 saturated heterocycles. The van der Waals surface area contributed by atoms with Crippen LogP contribution in [0.25, 0.3) is 20.9 Å². The van der Waals surface area contributed by atoms with Gasteiger partial charge in [-0.15, -0.1) is 6.42 Å². The first-order valence-corrected chi connectivity index (χ1v) is 16.9. The van der Waals surface area contributed by atoms with Gasteiger partial charge in [-0.1, -0.05) is 68.1 Å². The molecule has 2 rings (SSSR count). The summed E-state index contributed by atoms with van der Waals surface area (Å²) in [5.74, 6) is 3.37. The maximum Gasteiger partial charge on any atom is 0.252 e. The summed E-state index contributed by atoms with van der Waals surface area (Å²) in [7, 11) is -0.381. The van der Waals surface area contributed by atoms with Crippen LogP contribution in [0.15, 0.2) is 69.7 Å². The molecule has 0 bridgehead atoms. The molecule has 234 valence electrons. The lowest BCUT2D eigenvalue weighted by molar-refractivity contribution is -0.120. The number of carbonyl (C=O) groups excluding carboxylic acids is 3. The van der Waals surface area contributed by atoms with Gasteiger partial charge in [0.15, 0.2) is 0 Å². The third kappa shape index (κ3) is 16.9. The highest BCUT2D eigenvalue weighted by molar-refractivity contribution is 8.76. The number of rotatable bonds is 17. The number of hydrogen-bond acceptors (Lipinski definition) is 9. The lowest BCUT2D eigenvalue weighted by Crippen LogP contribution is -2.27. The molecule has 44 heavy (non-hydrogen) atoms. The van der Waals surface area contributed by atoms with Gasteiger partial charge in [-0.2, -0.15) is 0 Å². The number of nitrogens with zero attached hydrogens (tertiary/aromatic N) is 6. The fourth-order valence-electron chi connectivity index (χ4n) is 3.02. The van der Waals surface area contributed by atoms with Crippen LogP contribution in [0.3, 0.4) is 0 Å². The van der Waals surface area contributed by atoms with E-state index >= 15 is 0 Å². The number of hydrogen-bond donors (Lipinski definition) is 4. The zero-order chi connectivity index (χ0) is 32.6. The van der Waals surface area contributed by atoms with Gasteiger partial charge in [0.25, 0.3) is 5.91 Å². The third-order valence-electron chi connectivity index (χ3n) is 5.11. The molecule has 2 aromatic carbocycles. The lowest BCUT2D eigenvalue weighted by Gasteiger charge is -2.13. The minimum absolute atomic E-state index is 0.0550. The number of amides is 3. The summed E-state index contributed by atoms with van der Waals surface area (Å²) in [6.45, 7) is 0.791. The molecular formula is C26H32N10O5S3. The first-order valence-electron chi connectivity index (χ1n) is 12.9. The van der Waals surface area contributed by atoms with E-state index in [1.807, 2.05) is 30.3 Å². The summed E-state index contributed by atoms with van der Waals surface area (Å²) in [5, 5.41) is 19.3. The molecule has 3 amide bonds. The van der Waals surface area contributed by atoms with Crippen molar-refractivity contribution in [3.8, 4) is 12.3 Å². The molecule has 0 heterocycles. The van der Waals surface area contributed by atoms with Crippen LogP contribution in [0.1, 0.15) is 34.8 Å². The molecule has 0 radical (unpaired) electrons. The standard InChI is InChI=1S/C16H14N2O3S.C10H18N8O2S2/c1-2-15(12-6-4-3-5-7-12)18-16(19)13-8-10-14(11-9-13)22(17,20)21;11-17-15-7-9(19)13-3-1-5-21-22-6-2-4-14-10(20)8-16-18-12/h1,3-11,15H,(H,18,19)(H2,17,20,21);1-8H2,(H,13,19)(H,14,20)/t15-;/m1./s1. The van der Waals surface area contributed by atoms with E-state index in [0.717, 1.165) is 29.9 Å². The van der Waals surface area contributed by atoms with Crippen molar-refractivity contribution < 1.29 is 22.8 Å². The number of nitrogens with two attached hydrogens (primary N) is 1. The Balaban J connectivity index is 0.000000440. The van der Waals surface area contributed by atoms with E-state index in [1.54, 1.807) is 21.6 Å². The predicted octanol–water partition coefficient (Wildman–Crippen LogP) is 3.44. The number of benzene rings is 2. The van der Waals surface area contributed by atoms with Crippen molar-refractivity contribution in [2.75, 3.05) is 37.7 Å². The summed E-state index contributed by atoms with van der Waals surface area (Å²) in [6, 6.07) is 13.9. The van der Waals surface area contributed by atoms with Crippen LogP contribution in [0.4, 0.5) is 0 Å². The molecule has 0 spiro atoms. The van der Waals surface area contributed by atoms with Crippen LogP contribution in [0, 0.1) is 12.3 Å². The molecule has 1 atom stereocenters. The van der Waals surface area contributed by atoms with E-state index in [0.29, 0.717) is 18.7 Å². The average Bonchev–Trinajstić information content (AvgIpc) is 3.02. The summed E-state index contributed by atoms with van der Waals surface area (Å²) in [4.78, 5) is 39.3. The average molecular weight is 661 g/mol. The van der Waals surface area contributed by atoms with Gasteiger partial charge < -0.3 is 16.0 Å². The zero-order valence-corrected chi connectivity index (χ0v) is 26.0. The van der Waals surface area contributed by atoms with Crippen LogP contribution in [0.5, 0.6) is 0 Å². The van der Waals surface area contributed by atoms with E-state index in [1.165, 1.54) is 24.3 Å². The van der Waals surface area contributed by atoms with Gasteiger partial charge in [-0.05, 0) is 53.7 Å². The first-order chi connectivity index (χ1) is 21.1. The number of carbonyl (C=O) groups is 3. The van der Waals surface area contributed by atoms with E-state index in [-0.39, 0.29) is 29.8 Å². The van der Waals surface area contributed by atoms with Crippen molar-refractivity contribution in [3.63, 3.8) is 0 Å². The molecule has 0 unspecified atom stereocenters. The SMILES string of the molecule is C#C[C@@H](NC(=O)c1ccc(S(N)(=O)=O)cc1)c1ccccc1.[N-]=[N+]=NCC(=O)NCCCSSCCCNC(=O)CN=[N+]=[N-]. The Morgan fingerprint density at radius 1 is 0.886 bits per heavy atom. The van der Waals surface area contributed by atoms with E-state index in [4.69, 9.17) is 22.6 Å². The van der Waals surface area contributed by atoms with Crippen molar-refractivity contribution in [2.45, 2.75) is 23.8 Å². The van der Waals surface area contributed by atoms with Crippen LogP contribution in [-0.2, 0) is 19.6 Å². The fourth-order valence-corrected chi connectivity index (χ4v) is 5.71. The zero-order valence-electron chi connectivity index (χ0n) is 23.5. The molecule has 0 aliphatic heterocycles. The Kier molecular flexibility index (Phi) is 19.0. The van der Waals surface area contributed by atoms with Crippen molar-refractivity contribution in [3.05, 3.63) is 86.6 Å². The number of azide groups is 2. The van der Waals surface area contributed by atoms with Gasteiger partial charge in [0, 0.05) is 40.0 Å². The molecule has 5 N–H and O–H groups in total. The summed E-state index contributed by atoms with van der Waals surface area (Å²) in [6.07, 6.45) is 7.12. The molecule has 2 aromatic rings. The van der Waals surface area contributed by atoms with Gasteiger partial charge in [-0.25, -0.2) is 13.6 Å². The van der Waals surface area contributed by atoms with Crippen LogP contribution in [-0.4, -0.2) is 63.8 Å². The molecule has 15 nitrogen and oxygen atoms in total. The summed E-state index contributed by atoms with van der Waals surface area (Å²) in [5.41, 5.74) is 17.2. The summed E-state index contributed by atoms with van der Waals surface area (Å²) < 4.78 is 22.3. The van der Waals surface area contributed by atoms with E-state index in [9.17, 15) is 22.8 Å². The minimum atomic E-state index is -3.78. The second-order valence-electron chi connectivity index (χ2n) is 8.38. The Morgan fingerprint density at radius 2 is 1.39 bits per heavy atom. The van der Waals surface area contributed by atoms with Gasteiger partial charge in [-0.3, -0.25) is 14.4 Å². The molecular weight excluding hydrogens is 629 g/mol. The quantitative estimate of drug-likeness (QED) is 0.0491. The highest BCUT2D eigenvalue weighted by atomic mass is 33.1. The normalized spacial score (nSPS) is 10.7. The Hall–Kier alpha value is -4.36. The highest BCUT2D eigenvalue weighted by Crippen LogP contribution is 2.22. The topological polar surface area (TPSA) is 245 Å². The third-order valence-corrected chi connectivity index (χ3v) is 8.62. The molecule has 0 aliphatic carbocycles. The number of sulfonamides is 1. The van der Waals surface area contributed by atoms with E-state index in [2.05, 4.69) is 41.9 Å². The highest BCUT2D eigenvalue weighted by Gasteiger charge is 2.14. The largest absolute Gasteiger partial charge is 0.356 e. The number of nitrogens with one attached hydrogen (secondary N) is 3. The smallest absolute Gasteiger partial charge is 0.252 e. The fraction of sp³-hybridized carbons (Fsp3) is 0.346. The van der Waals surface area contributed by atoms with Gasteiger partial charge in [0.2, 0.25) is 21.8 Å². The van der Waals surface area contributed by atoms with Gasteiger partial charge >= 0.3 is 0 Å². The Bertz CT molecular complexity index is 1420. The second-order valence-corrected chi connectivity index (χ2v) is 12.6. The second kappa shape index (κ2) is 22.2. The first kappa shape index (κ1) is 37.7. The van der Waals surface area contributed by atoms with Gasteiger partial charge in [0.05, 0.1) is 4.90 Å². The Morgan fingerprint density at radius 3 is 1.82 bits per heavy atom. The molecule has 0 saturated carbocycles. The van der Waals surface area contributed by atoms with E-state index < -0.39 is 22.0 Å². The molecule has 18 heteroatoms. The number of primary sulfonamides is 1. The van der Waals surface area contributed by atoms with Crippen molar-refractivity contribution in [1.82, 2.24) is 16.0 Å². The van der Waals surface area contributed by atoms with Crippen LogP contribution < -0.4 is 21.1 Å². The Labute approximate surface area is 263 Å². The summed E-state index contributed by atoms with van der Waals surface area (Å²) >= 11 is 0. The molecule has 0 aromatic heterocycles. The van der Waals surface area contributed by atoms with Crippen molar-refractivity contribution >= 4 is 49.3 Å². The molecule has 0 fully saturated rings. The predicted molar refractivity (Wildman–Crippen MR) is 171 cm³/mol. The van der Waals surface area contributed by atoms with Crippen LogP contribution in [0.2, 0.25) is 0 Å². The van der Waals surface area contributed by atoms with Crippen molar-refractivity contribution in [2.24, 2.45) is 15.4 Å². The number of terminal acetylenes is 1. The maximum absolute atomic E-state index is 12.2. The van der Waals surface area contributed by atoms with Crippen molar-refractivity contribution in [1.29, 1.82) is 0 Å². The lowest BCUT2D eigenvalue weighted by atomic mass is 10.1. The maximum atomic E-state index is 12.2.